The van der Waals surface area contributed by atoms with Crippen LogP contribution >= 0.6 is 22.6 Å². The number of alkyl carbamates (subject to hydrolysis) is 1. The minimum absolute atomic E-state index is 0.0763. The molecule has 8 heteroatoms. The van der Waals surface area contributed by atoms with Crippen molar-refractivity contribution in [2.24, 2.45) is 5.92 Å². The molecule has 0 aliphatic heterocycles. The third-order valence-corrected chi connectivity index (χ3v) is 5.58. The summed E-state index contributed by atoms with van der Waals surface area (Å²) in [5, 5.41) is 14.7. The summed E-state index contributed by atoms with van der Waals surface area (Å²) in [5.74, 6) is -1.59. The summed E-state index contributed by atoms with van der Waals surface area (Å²) in [5.41, 5.74) is 1.65. The van der Waals surface area contributed by atoms with Gasteiger partial charge in [0.1, 0.15) is 18.7 Å². The number of benzene rings is 2. The maximum absolute atomic E-state index is 12.8. The second-order valence-electron chi connectivity index (χ2n) is 7.58. The lowest BCUT2D eigenvalue weighted by Gasteiger charge is -2.23. The van der Waals surface area contributed by atoms with Crippen molar-refractivity contribution in [3.63, 3.8) is 0 Å². The Balaban J connectivity index is 2.01. The molecule has 0 saturated carbocycles. The van der Waals surface area contributed by atoms with Gasteiger partial charge in [-0.2, -0.15) is 0 Å². The number of rotatable bonds is 10. The molecule has 0 spiro atoms. The van der Waals surface area contributed by atoms with Crippen molar-refractivity contribution in [1.29, 1.82) is 0 Å². The SMILES string of the molecule is CC(C)C[C@H](NC(=O)OCc1ccccc1)C(=O)N[C@H](Cc1ccccc1I)C(=O)O. The maximum Gasteiger partial charge on any atom is 0.408 e. The zero-order valence-corrected chi connectivity index (χ0v) is 19.7. The van der Waals surface area contributed by atoms with Crippen LogP contribution in [-0.2, 0) is 27.4 Å². The lowest BCUT2D eigenvalue weighted by molar-refractivity contribution is -0.142. The van der Waals surface area contributed by atoms with Crippen LogP contribution in [0.15, 0.2) is 54.6 Å². The van der Waals surface area contributed by atoms with Crippen LogP contribution in [0, 0.1) is 9.49 Å². The first-order valence-corrected chi connectivity index (χ1v) is 11.1. The number of amides is 2. The van der Waals surface area contributed by atoms with Gasteiger partial charge < -0.3 is 20.5 Å². The summed E-state index contributed by atoms with van der Waals surface area (Å²) in [6, 6.07) is 14.6. The van der Waals surface area contributed by atoms with E-state index in [0.717, 1.165) is 14.7 Å². The highest BCUT2D eigenvalue weighted by Gasteiger charge is 2.28. The van der Waals surface area contributed by atoms with E-state index < -0.39 is 30.1 Å². The molecule has 2 aromatic rings. The van der Waals surface area contributed by atoms with Gasteiger partial charge >= 0.3 is 12.1 Å². The zero-order chi connectivity index (χ0) is 22.8. The van der Waals surface area contributed by atoms with Gasteiger partial charge in [0.15, 0.2) is 0 Å². The van der Waals surface area contributed by atoms with Gasteiger partial charge in [0.2, 0.25) is 5.91 Å². The highest BCUT2D eigenvalue weighted by atomic mass is 127. The standard InChI is InChI=1S/C23H27IN2O5/c1-15(2)12-19(26-23(30)31-14-16-8-4-3-5-9-16)21(27)25-20(22(28)29)13-17-10-6-7-11-18(17)24/h3-11,15,19-20H,12-14H2,1-2H3,(H,25,27)(H,26,30)(H,28,29)/t19-,20+/m0/s1. The predicted molar refractivity (Wildman–Crippen MR) is 125 cm³/mol. The van der Waals surface area contributed by atoms with E-state index in [1.54, 1.807) is 0 Å². The lowest BCUT2D eigenvalue weighted by Crippen LogP contribution is -2.52. The fourth-order valence-electron chi connectivity index (χ4n) is 2.97. The summed E-state index contributed by atoms with van der Waals surface area (Å²) in [7, 11) is 0. The van der Waals surface area contributed by atoms with Crippen molar-refractivity contribution in [2.75, 3.05) is 0 Å². The Morgan fingerprint density at radius 2 is 1.61 bits per heavy atom. The molecular formula is C23H27IN2O5. The molecule has 0 heterocycles. The van der Waals surface area contributed by atoms with Crippen molar-refractivity contribution < 1.29 is 24.2 Å². The van der Waals surface area contributed by atoms with Crippen LogP contribution in [0.2, 0.25) is 0 Å². The summed E-state index contributed by atoms with van der Waals surface area (Å²) in [6.07, 6.45) is -0.233. The number of carbonyl (C=O) groups excluding carboxylic acids is 2. The van der Waals surface area contributed by atoms with Crippen molar-refractivity contribution in [3.8, 4) is 0 Å². The number of hydrogen-bond donors (Lipinski definition) is 3. The van der Waals surface area contributed by atoms with Gasteiger partial charge in [-0.25, -0.2) is 9.59 Å². The molecule has 2 aromatic carbocycles. The molecule has 0 radical (unpaired) electrons. The van der Waals surface area contributed by atoms with Crippen LogP contribution in [0.5, 0.6) is 0 Å². The third-order valence-electron chi connectivity index (χ3n) is 4.52. The topological polar surface area (TPSA) is 105 Å². The fourth-order valence-corrected chi connectivity index (χ4v) is 3.57. The molecule has 166 valence electrons. The van der Waals surface area contributed by atoms with E-state index in [1.165, 1.54) is 0 Å². The van der Waals surface area contributed by atoms with Crippen molar-refractivity contribution >= 4 is 40.6 Å². The Hall–Kier alpha value is -2.62. The van der Waals surface area contributed by atoms with Gasteiger partial charge in [-0.15, -0.1) is 0 Å². The second kappa shape index (κ2) is 12.3. The molecule has 0 fully saturated rings. The Morgan fingerprint density at radius 3 is 2.23 bits per heavy atom. The molecule has 0 unspecified atom stereocenters. The molecule has 0 aliphatic carbocycles. The first kappa shape index (κ1) is 24.6. The molecule has 2 atom stereocenters. The first-order valence-electron chi connectivity index (χ1n) is 10.00. The Morgan fingerprint density at radius 1 is 0.968 bits per heavy atom. The average Bonchev–Trinajstić information content (AvgIpc) is 2.73. The number of carboxylic acid groups (broad SMARTS) is 1. The number of carboxylic acids is 1. The Kier molecular flexibility index (Phi) is 9.77. The molecular weight excluding hydrogens is 511 g/mol. The van der Waals surface area contributed by atoms with Crippen molar-refractivity contribution in [2.45, 2.75) is 45.4 Å². The van der Waals surface area contributed by atoms with E-state index in [2.05, 4.69) is 33.2 Å². The minimum Gasteiger partial charge on any atom is -0.480 e. The molecule has 2 rings (SSSR count). The number of nitrogens with one attached hydrogen (secondary N) is 2. The van der Waals surface area contributed by atoms with Gasteiger partial charge in [-0.1, -0.05) is 62.4 Å². The Labute approximate surface area is 195 Å². The smallest absolute Gasteiger partial charge is 0.408 e. The van der Waals surface area contributed by atoms with Gasteiger partial charge in [-0.05, 0) is 52.1 Å². The molecule has 0 bridgehead atoms. The van der Waals surface area contributed by atoms with E-state index >= 15 is 0 Å². The summed E-state index contributed by atoms with van der Waals surface area (Å²) in [4.78, 5) is 36.8. The molecule has 0 saturated heterocycles. The monoisotopic (exact) mass is 538 g/mol. The van der Waals surface area contributed by atoms with Gasteiger partial charge in [0.05, 0.1) is 0 Å². The number of ether oxygens (including phenoxy) is 1. The molecule has 31 heavy (non-hydrogen) atoms. The molecule has 0 aliphatic rings. The van der Waals surface area contributed by atoms with Gasteiger partial charge in [0.25, 0.3) is 0 Å². The van der Waals surface area contributed by atoms with Crippen LogP contribution in [0.25, 0.3) is 0 Å². The summed E-state index contributed by atoms with van der Waals surface area (Å²) >= 11 is 2.13. The van der Waals surface area contributed by atoms with Gasteiger partial charge in [0, 0.05) is 9.99 Å². The van der Waals surface area contributed by atoms with Crippen LogP contribution in [-0.4, -0.2) is 35.2 Å². The number of hydrogen-bond acceptors (Lipinski definition) is 4. The summed E-state index contributed by atoms with van der Waals surface area (Å²) < 4.78 is 6.13. The largest absolute Gasteiger partial charge is 0.480 e. The van der Waals surface area contributed by atoms with E-state index in [0.29, 0.717) is 6.42 Å². The number of halogens is 1. The minimum atomic E-state index is -1.14. The van der Waals surface area contributed by atoms with Crippen LogP contribution in [0.3, 0.4) is 0 Å². The fraction of sp³-hybridized carbons (Fsp3) is 0.348. The van der Waals surface area contributed by atoms with E-state index in [-0.39, 0.29) is 18.9 Å². The van der Waals surface area contributed by atoms with Crippen LogP contribution in [0.4, 0.5) is 4.79 Å². The predicted octanol–water partition coefficient (Wildman–Crippen LogP) is 3.74. The summed E-state index contributed by atoms with van der Waals surface area (Å²) in [6.45, 7) is 3.91. The van der Waals surface area contributed by atoms with E-state index in [4.69, 9.17) is 4.74 Å². The molecule has 2 amide bonds. The lowest BCUT2D eigenvalue weighted by atomic mass is 10.0. The highest BCUT2D eigenvalue weighted by molar-refractivity contribution is 14.1. The molecule has 7 nitrogen and oxygen atoms in total. The average molecular weight is 538 g/mol. The number of aliphatic carboxylic acids is 1. The number of carbonyl (C=O) groups is 3. The highest BCUT2D eigenvalue weighted by Crippen LogP contribution is 2.14. The normalized spacial score (nSPS) is 12.6. The van der Waals surface area contributed by atoms with Gasteiger partial charge in [-0.3, -0.25) is 4.79 Å². The maximum atomic E-state index is 12.8. The first-order chi connectivity index (χ1) is 14.8. The van der Waals surface area contributed by atoms with Crippen molar-refractivity contribution in [3.05, 3.63) is 69.3 Å². The Bertz CT molecular complexity index is 889. The molecule has 3 N–H and O–H groups in total. The third kappa shape index (κ3) is 8.56. The van der Waals surface area contributed by atoms with Crippen LogP contribution in [0.1, 0.15) is 31.4 Å². The van der Waals surface area contributed by atoms with E-state index in [9.17, 15) is 19.5 Å². The zero-order valence-electron chi connectivity index (χ0n) is 17.5. The van der Waals surface area contributed by atoms with E-state index in [1.807, 2.05) is 68.4 Å². The molecule has 0 aromatic heterocycles. The van der Waals surface area contributed by atoms with Crippen molar-refractivity contribution in [1.82, 2.24) is 10.6 Å². The quantitative estimate of drug-likeness (QED) is 0.400. The second-order valence-corrected chi connectivity index (χ2v) is 8.75. The van der Waals surface area contributed by atoms with Crippen LogP contribution < -0.4 is 10.6 Å².